The Morgan fingerprint density at radius 2 is 2.00 bits per heavy atom. The second-order valence-corrected chi connectivity index (χ2v) is 6.32. The number of aliphatic hydroxyl groups excluding tert-OH is 1. The Morgan fingerprint density at radius 1 is 1.25 bits per heavy atom. The molecule has 4 heteroatoms. The van der Waals surface area contributed by atoms with Gasteiger partial charge in [0.15, 0.2) is 0 Å². The van der Waals surface area contributed by atoms with Gasteiger partial charge in [0.1, 0.15) is 0 Å². The number of ether oxygens (including phenoxy) is 1. The number of hydrogen-bond donors (Lipinski definition) is 2. The van der Waals surface area contributed by atoms with Crippen molar-refractivity contribution in [2.45, 2.75) is 50.9 Å². The molecule has 1 atom stereocenters. The fraction of sp³-hybridized carbons (Fsp3) is 0.625. The molecular formula is C16H24BrNO2. The van der Waals surface area contributed by atoms with Crippen molar-refractivity contribution < 1.29 is 9.84 Å². The van der Waals surface area contributed by atoms with Crippen LogP contribution in [0.15, 0.2) is 28.7 Å². The highest BCUT2D eigenvalue weighted by atomic mass is 79.9. The first-order valence-corrected chi connectivity index (χ1v) is 8.29. The van der Waals surface area contributed by atoms with Gasteiger partial charge in [0.25, 0.3) is 0 Å². The maximum Gasteiger partial charge on any atom is 0.0897 e. The molecule has 2 rings (SSSR count). The van der Waals surface area contributed by atoms with Gasteiger partial charge in [-0.1, -0.05) is 53.4 Å². The number of halogens is 1. The zero-order valence-electron chi connectivity index (χ0n) is 11.9. The molecule has 0 saturated heterocycles. The van der Waals surface area contributed by atoms with Crippen LogP contribution in [-0.4, -0.2) is 30.5 Å². The summed E-state index contributed by atoms with van der Waals surface area (Å²) in [5, 5.41) is 13.2. The van der Waals surface area contributed by atoms with Crippen LogP contribution in [0.3, 0.4) is 0 Å². The highest BCUT2D eigenvalue weighted by Crippen LogP contribution is 2.20. The van der Waals surface area contributed by atoms with Crippen LogP contribution in [0.25, 0.3) is 0 Å². The van der Waals surface area contributed by atoms with Gasteiger partial charge in [-0.2, -0.15) is 0 Å². The molecule has 0 spiro atoms. The summed E-state index contributed by atoms with van der Waals surface area (Å²) in [6, 6.07) is 8.12. The molecule has 1 aromatic rings. The van der Waals surface area contributed by atoms with Crippen molar-refractivity contribution in [2.24, 2.45) is 0 Å². The maximum atomic E-state index is 9.93. The van der Waals surface area contributed by atoms with E-state index in [0.29, 0.717) is 19.3 Å². The molecule has 0 heterocycles. The molecule has 2 N–H and O–H groups in total. The summed E-state index contributed by atoms with van der Waals surface area (Å²) in [7, 11) is 0. The van der Waals surface area contributed by atoms with Gasteiger partial charge in [-0.3, -0.25) is 0 Å². The van der Waals surface area contributed by atoms with E-state index in [2.05, 4.69) is 27.3 Å². The normalized spacial score (nSPS) is 18.1. The number of rotatable bonds is 7. The highest BCUT2D eigenvalue weighted by molar-refractivity contribution is 9.10. The maximum absolute atomic E-state index is 9.93. The number of aliphatic hydroxyl groups is 1. The highest BCUT2D eigenvalue weighted by Gasteiger charge is 2.15. The van der Waals surface area contributed by atoms with Crippen molar-refractivity contribution in [1.82, 2.24) is 5.32 Å². The van der Waals surface area contributed by atoms with E-state index in [1.807, 2.05) is 18.2 Å². The molecule has 0 aliphatic heterocycles. The van der Waals surface area contributed by atoms with Crippen molar-refractivity contribution in [2.75, 3.05) is 13.2 Å². The van der Waals surface area contributed by atoms with E-state index in [-0.39, 0.29) is 0 Å². The van der Waals surface area contributed by atoms with Crippen LogP contribution < -0.4 is 5.32 Å². The van der Waals surface area contributed by atoms with Crippen molar-refractivity contribution in [3.8, 4) is 0 Å². The molecule has 1 aliphatic carbocycles. The Bertz CT molecular complexity index is 394. The fourth-order valence-electron chi connectivity index (χ4n) is 2.55. The van der Waals surface area contributed by atoms with E-state index in [1.165, 1.54) is 24.8 Å². The predicted octanol–water partition coefficient (Wildman–Crippen LogP) is 3.25. The first kappa shape index (κ1) is 16.0. The smallest absolute Gasteiger partial charge is 0.0897 e. The zero-order chi connectivity index (χ0) is 14.2. The monoisotopic (exact) mass is 341 g/mol. The zero-order valence-corrected chi connectivity index (χ0v) is 13.4. The Balaban J connectivity index is 1.60. The molecule has 1 aliphatic rings. The average Bonchev–Trinajstić information content (AvgIpc) is 2.48. The minimum Gasteiger partial charge on any atom is -0.389 e. The van der Waals surface area contributed by atoms with Crippen molar-refractivity contribution in [3.63, 3.8) is 0 Å². The Hall–Kier alpha value is -0.420. The van der Waals surface area contributed by atoms with Crippen LogP contribution in [0.1, 0.15) is 37.7 Å². The summed E-state index contributed by atoms with van der Waals surface area (Å²) in [5.41, 5.74) is 1.20. The lowest BCUT2D eigenvalue weighted by molar-refractivity contribution is -0.0230. The Morgan fingerprint density at radius 3 is 2.75 bits per heavy atom. The fourth-order valence-corrected chi connectivity index (χ4v) is 2.98. The summed E-state index contributed by atoms with van der Waals surface area (Å²) < 4.78 is 6.87. The molecule has 112 valence electrons. The standard InChI is InChI=1S/C16H24BrNO2/c17-16-9-5-4-6-13(16)10-18-11-14(19)12-20-15-7-2-1-3-8-15/h4-6,9,14-15,18-19H,1-3,7-8,10-12H2. The SMILES string of the molecule is OC(CNCc1ccccc1Br)COC1CCCCC1. The van der Waals surface area contributed by atoms with Crippen LogP contribution in [0.4, 0.5) is 0 Å². The van der Waals surface area contributed by atoms with E-state index in [0.717, 1.165) is 23.9 Å². The number of hydrogen-bond acceptors (Lipinski definition) is 3. The van der Waals surface area contributed by atoms with E-state index >= 15 is 0 Å². The second-order valence-electron chi connectivity index (χ2n) is 5.47. The van der Waals surface area contributed by atoms with Crippen LogP contribution in [0.5, 0.6) is 0 Å². The molecule has 3 nitrogen and oxygen atoms in total. The van der Waals surface area contributed by atoms with Crippen molar-refractivity contribution in [1.29, 1.82) is 0 Å². The van der Waals surface area contributed by atoms with Gasteiger partial charge in [-0.25, -0.2) is 0 Å². The summed E-state index contributed by atoms with van der Waals surface area (Å²) in [4.78, 5) is 0. The van der Waals surface area contributed by atoms with Gasteiger partial charge in [0, 0.05) is 17.6 Å². The topological polar surface area (TPSA) is 41.5 Å². The third-order valence-corrected chi connectivity index (χ3v) is 4.50. The first-order chi connectivity index (χ1) is 9.75. The van der Waals surface area contributed by atoms with Gasteiger partial charge in [0.05, 0.1) is 18.8 Å². The summed E-state index contributed by atoms with van der Waals surface area (Å²) in [6.07, 6.45) is 6.09. The van der Waals surface area contributed by atoms with Gasteiger partial charge in [-0.05, 0) is 24.5 Å². The molecule has 0 bridgehead atoms. The minimum atomic E-state index is -0.431. The predicted molar refractivity (Wildman–Crippen MR) is 84.7 cm³/mol. The number of benzene rings is 1. The molecular weight excluding hydrogens is 318 g/mol. The molecule has 0 amide bonds. The van der Waals surface area contributed by atoms with Crippen molar-refractivity contribution in [3.05, 3.63) is 34.3 Å². The molecule has 20 heavy (non-hydrogen) atoms. The lowest BCUT2D eigenvalue weighted by Crippen LogP contribution is -2.32. The summed E-state index contributed by atoms with van der Waals surface area (Å²) in [5.74, 6) is 0. The van der Waals surface area contributed by atoms with E-state index in [9.17, 15) is 5.11 Å². The first-order valence-electron chi connectivity index (χ1n) is 7.49. The van der Waals surface area contributed by atoms with Gasteiger partial charge >= 0.3 is 0 Å². The van der Waals surface area contributed by atoms with Crippen LogP contribution >= 0.6 is 15.9 Å². The lowest BCUT2D eigenvalue weighted by Gasteiger charge is -2.23. The Labute approximate surface area is 129 Å². The van der Waals surface area contributed by atoms with E-state index < -0.39 is 6.10 Å². The van der Waals surface area contributed by atoms with E-state index in [4.69, 9.17) is 4.74 Å². The number of nitrogens with one attached hydrogen (secondary N) is 1. The third kappa shape index (κ3) is 5.52. The molecule has 1 aromatic carbocycles. The molecule has 1 unspecified atom stereocenters. The average molecular weight is 342 g/mol. The second kappa shape index (κ2) is 8.78. The molecule has 1 fully saturated rings. The van der Waals surface area contributed by atoms with E-state index in [1.54, 1.807) is 0 Å². The quantitative estimate of drug-likeness (QED) is 0.799. The van der Waals surface area contributed by atoms with Gasteiger partial charge in [0.2, 0.25) is 0 Å². The largest absolute Gasteiger partial charge is 0.389 e. The third-order valence-electron chi connectivity index (χ3n) is 3.73. The lowest BCUT2D eigenvalue weighted by atomic mass is 9.98. The molecule has 0 aromatic heterocycles. The van der Waals surface area contributed by atoms with Crippen LogP contribution in [0.2, 0.25) is 0 Å². The molecule has 1 saturated carbocycles. The van der Waals surface area contributed by atoms with Gasteiger partial charge < -0.3 is 15.2 Å². The van der Waals surface area contributed by atoms with Crippen LogP contribution in [0, 0.1) is 0 Å². The summed E-state index contributed by atoms with van der Waals surface area (Å²) in [6.45, 7) is 1.75. The molecule has 0 radical (unpaired) electrons. The van der Waals surface area contributed by atoms with Gasteiger partial charge in [-0.15, -0.1) is 0 Å². The Kier molecular flexibility index (Phi) is 7.00. The summed E-state index contributed by atoms with van der Waals surface area (Å²) >= 11 is 3.52. The minimum absolute atomic E-state index is 0.363. The van der Waals surface area contributed by atoms with Crippen LogP contribution in [-0.2, 0) is 11.3 Å². The van der Waals surface area contributed by atoms with Crippen molar-refractivity contribution >= 4 is 15.9 Å².